The molecule has 1 atom stereocenters. The van der Waals surface area contributed by atoms with Gasteiger partial charge in [-0.3, -0.25) is 9.88 Å². The van der Waals surface area contributed by atoms with Crippen molar-refractivity contribution in [2.45, 2.75) is 19.5 Å². The van der Waals surface area contributed by atoms with Gasteiger partial charge in [0.1, 0.15) is 0 Å². The van der Waals surface area contributed by atoms with E-state index in [1.807, 2.05) is 6.20 Å². The molecule has 2 rings (SSSR count). The van der Waals surface area contributed by atoms with Crippen molar-refractivity contribution < 1.29 is 4.74 Å². The summed E-state index contributed by atoms with van der Waals surface area (Å²) in [4.78, 5) is 6.87. The molecule has 1 fully saturated rings. The third kappa shape index (κ3) is 3.49. The van der Waals surface area contributed by atoms with Gasteiger partial charge in [0, 0.05) is 32.9 Å². The lowest BCUT2D eigenvalue weighted by Crippen LogP contribution is -2.21. The van der Waals surface area contributed by atoms with E-state index in [-0.39, 0.29) is 0 Å². The Bertz CT molecular complexity index is 339. The summed E-state index contributed by atoms with van der Waals surface area (Å²) in [5.74, 6) is 0.684. The molecule has 94 valence electrons. The van der Waals surface area contributed by atoms with E-state index in [4.69, 9.17) is 10.5 Å². The minimum absolute atomic E-state index is 0.562. The fraction of sp³-hybridized carbons (Fsp3) is 0.615. The molecule has 17 heavy (non-hydrogen) atoms. The molecule has 0 radical (unpaired) electrons. The van der Waals surface area contributed by atoms with E-state index in [0.29, 0.717) is 12.5 Å². The first-order valence-corrected chi connectivity index (χ1v) is 6.17. The normalized spacial score (nSPS) is 20.9. The average Bonchev–Trinajstić information content (AvgIpc) is 2.78. The summed E-state index contributed by atoms with van der Waals surface area (Å²) in [6.07, 6.45) is 3.10. The van der Waals surface area contributed by atoms with Crippen LogP contribution in [0, 0.1) is 5.92 Å². The summed E-state index contributed by atoms with van der Waals surface area (Å²) >= 11 is 0. The van der Waals surface area contributed by atoms with Gasteiger partial charge in [0.25, 0.3) is 0 Å². The summed E-state index contributed by atoms with van der Waals surface area (Å²) in [5.41, 5.74) is 7.77. The molecule has 1 aliphatic heterocycles. The second kappa shape index (κ2) is 6.10. The van der Waals surface area contributed by atoms with Crippen LogP contribution in [0.25, 0.3) is 0 Å². The van der Waals surface area contributed by atoms with Crippen LogP contribution in [-0.4, -0.2) is 36.7 Å². The number of aromatic nitrogens is 1. The lowest BCUT2D eigenvalue weighted by molar-refractivity contribution is 0.152. The van der Waals surface area contributed by atoms with Gasteiger partial charge in [-0.15, -0.1) is 0 Å². The van der Waals surface area contributed by atoms with Crippen LogP contribution >= 0.6 is 0 Å². The van der Waals surface area contributed by atoms with Crippen LogP contribution in [0.5, 0.6) is 0 Å². The number of methoxy groups -OCH3 is 1. The third-order valence-electron chi connectivity index (χ3n) is 3.28. The zero-order valence-electron chi connectivity index (χ0n) is 10.4. The summed E-state index contributed by atoms with van der Waals surface area (Å²) in [5, 5.41) is 0. The fourth-order valence-electron chi connectivity index (χ4n) is 2.33. The first kappa shape index (κ1) is 12.5. The maximum atomic E-state index is 5.55. The molecule has 1 aromatic rings. The van der Waals surface area contributed by atoms with Crippen molar-refractivity contribution in [3.8, 4) is 0 Å². The van der Waals surface area contributed by atoms with Crippen LogP contribution in [0.1, 0.15) is 17.7 Å². The van der Waals surface area contributed by atoms with E-state index >= 15 is 0 Å². The Morgan fingerprint density at radius 2 is 2.41 bits per heavy atom. The Morgan fingerprint density at radius 3 is 3.06 bits per heavy atom. The van der Waals surface area contributed by atoms with Gasteiger partial charge in [-0.1, -0.05) is 6.07 Å². The SMILES string of the molecule is COCC1CCN(Cc2ccc(CN)cn2)C1. The number of hydrogen-bond donors (Lipinski definition) is 1. The molecule has 1 aromatic heterocycles. The quantitative estimate of drug-likeness (QED) is 0.827. The number of nitrogens with two attached hydrogens (primary N) is 1. The third-order valence-corrected chi connectivity index (χ3v) is 3.28. The maximum Gasteiger partial charge on any atom is 0.0544 e. The Morgan fingerprint density at radius 1 is 1.53 bits per heavy atom. The average molecular weight is 235 g/mol. The Balaban J connectivity index is 1.84. The lowest BCUT2D eigenvalue weighted by Gasteiger charge is -2.15. The molecular formula is C13H21N3O. The van der Waals surface area contributed by atoms with Crippen molar-refractivity contribution in [3.05, 3.63) is 29.6 Å². The van der Waals surface area contributed by atoms with Crippen LogP contribution in [0.4, 0.5) is 0 Å². The van der Waals surface area contributed by atoms with Crippen LogP contribution < -0.4 is 5.73 Å². The zero-order chi connectivity index (χ0) is 12.1. The van der Waals surface area contributed by atoms with E-state index in [1.165, 1.54) is 6.42 Å². The Kier molecular flexibility index (Phi) is 4.48. The fourth-order valence-corrected chi connectivity index (χ4v) is 2.33. The molecule has 0 aromatic carbocycles. The number of ether oxygens (including phenoxy) is 1. The van der Waals surface area contributed by atoms with E-state index in [2.05, 4.69) is 22.0 Å². The lowest BCUT2D eigenvalue weighted by atomic mass is 10.1. The van der Waals surface area contributed by atoms with E-state index < -0.39 is 0 Å². The summed E-state index contributed by atoms with van der Waals surface area (Å²) in [7, 11) is 1.77. The molecule has 1 unspecified atom stereocenters. The van der Waals surface area contributed by atoms with E-state index in [0.717, 1.165) is 37.5 Å². The highest BCUT2D eigenvalue weighted by Gasteiger charge is 2.22. The first-order valence-electron chi connectivity index (χ1n) is 6.17. The van der Waals surface area contributed by atoms with Crippen LogP contribution in [-0.2, 0) is 17.8 Å². The Hall–Kier alpha value is -0.970. The maximum absolute atomic E-state index is 5.55. The van der Waals surface area contributed by atoms with Gasteiger partial charge in [0.2, 0.25) is 0 Å². The standard InChI is InChI=1S/C13H21N3O/c1-17-10-12-4-5-16(8-12)9-13-3-2-11(6-14)7-15-13/h2-3,7,12H,4-6,8-10,14H2,1H3. The van der Waals surface area contributed by atoms with Crippen molar-refractivity contribution in [1.29, 1.82) is 0 Å². The van der Waals surface area contributed by atoms with Gasteiger partial charge in [0.15, 0.2) is 0 Å². The summed E-state index contributed by atoms with van der Waals surface area (Å²) in [6, 6.07) is 4.14. The predicted molar refractivity (Wildman–Crippen MR) is 67.4 cm³/mol. The van der Waals surface area contributed by atoms with Gasteiger partial charge in [-0.05, 0) is 30.5 Å². The van der Waals surface area contributed by atoms with Crippen LogP contribution in [0.3, 0.4) is 0 Å². The second-order valence-electron chi connectivity index (χ2n) is 4.71. The minimum Gasteiger partial charge on any atom is -0.384 e. The molecule has 0 aliphatic carbocycles. The molecule has 2 heterocycles. The first-order chi connectivity index (χ1) is 8.31. The van der Waals surface area contributed by atoms with Gasteiger partial charge in [-0.25, -0.2) is 0 Å². The predicted octanol–water partition coefficient (Wildman–Crippen LogP) is 1.01. The molecule has 1 aliphatic rings. The molecule has 0 bridgehead atoms. The van der Waals surface area contributed by atoms with E-state index in [9.17, 15) is 0 Å². The van der Waals surface area contributed by atoms with Crippen molar-refractivity contribution in [2.75, 3.05) is 26.8 Å². The molecule has 4 nitrogen and oxygen atoms in total. The minimum atomic E-state index is 0.562. The van der Waals surface area contributed by atoms with Gasteiger partial charge in [-0.2, -0.15) is 0 Å². The largest absolute Gasteiger partial charge is 0.384 e. The highest BCUT2D eigenvalue weighted by Crippen LogP contribution is 2.18. The number of rotatable bonds is 5. The van der Waals surface area contributed by atoms with Gasteiger partial charge < -0.3 is 10.5 Å². The number of hydrogen-bond acceptors (Lipinski definition) is 4. The van der Waals surface area contributed by atoms with Crippen molar-refractivity contribution in [3.63, 3.8) is 0 Å². The molecule has 1 saturated heterocycles. The monoisotopic (exact) mass is 235 g/mol. The number of pyridine rings is 1. The van der Waals surface area contributed by atoms with Crippen molar-refractivity contribution in [1.82, 2.24) is 9.88 Å². The van der Waals surface area contributed by atoms with Crippen LogP contribution in [0.15, 0.2) is 18.3 Å². The van der Waals surface area contributed by atoms with Gasteiger partial charge >= 0.3 is 0 Å². The van der Waals surface area contributed by atoms with Crippen molar-refractivity contribution >= 4 is 0 Å². The van der Waals surface area contributed by atoms with Crippen molar-refractivity contribution in [2.24, 2.45) is 11.7 Å². The van der Waals surface area contributed by atoms with E-state index in [1.54, 1.807) is 7.11 Å². The molecule has 0 amide bonds. The Labute approximate surface area is 103 Å². The van der Waals surface area contributed by atoms with Gasteiger partial charge in [0.05, 0.1) is 12.3 Å². The topological polar surface area (TPSA) is 51.4 Å². The molecular weight excluding hydrogens is 214 g/mol. The molecule has 2 N–H and O–H groups in total. The molecule has 0 saturated carbocycles. The zero-order valence-corrected chi connectivity index (χ0v) is 10.4. The number of nitrogens with zero attached hydrogens (tertiary/aromatic N) is 2. The highest BCUT2D eigenvalue weighted by molar-refractivity contribution is 5.13. The highest BCUT2D eigenvalue weighted by atomic mass is 16.5. The number of likely N-dealkylation sites (tertiary alicyclic amines) is 1. The summed E-state index contributed by atoms with van der Waals surface area (Å²) in [6.45, 7) is 4.64. The molecule has 0 spiro atoms. The van der Waals surface area contributed by atoms with Crippen LogP contribution in [0.2, 0.25) is 0 Å². The molecule has 4 heteroatoms. The summed E-state index contributed by atoms with van der Waals surface area (Å²) < 4.78 is 5.20. The second-order valence-corrected chi connectivity index (χ2v) is 4.71. The smallest absolute Gasteiger partial charge is 0.0544 e.